The third-order valence-electron chi connectivity index (χ3n) is 8.33. The number of pyridine rings is 1. The molecule has 3 heterocycles. The Kier molecular flexibility index (Phi) is 6.43. The lowest BCUT2D eigenvalue weighted by atomic mass is 10.1. The van der Waals surface area contributed by atoms with Crippen LogP contribution in [0.25, 0.3) is 33.9 Å². The summed E-state index contributed by atoms with van der Waals surface area (Å²) in [6, 6.07) is 53.0. The lowest BCUT2D eigenvalue weighted by Crippen LogP contribution is -2.76. The van der Waals surface area contributed by atoms with Crippen LogP contribution in [-0.2, 0) is 0 Å². The molecule has 208 valence electrons. The van der Waals surface area contributed by atoms with E-state index in [2.05, 4.69) is 120 Å². The van der Waals surface area contributed by atoms with Gasteiger partial charge < -0.3 is 4.74 Å². The van der Waals surface area contributed by atoms with Gasteiger partial charge in [-0.05, 0) is 51.1 Å². The maximum absolute atomic E-state index is 6.89. The predicted octanol–water partition coefficient (Wildman–Crippen LogP) is 6.36. The molecule has 8 rings (SSSR count). The summed E-state index contributed by atoms with van der Waals surface area (Å²) in [5.74, 6) is 2.30. The van der Waals surface area contributed by atoms with Crippen LogP contribution in [0, 0.1) is 0 Å². The van der Waals surface area contributed by atoms with Crippen molar-refractivity contribution in [2.75, 3.05) is 0 Å². The van der Waals surface area contributed by atoms with Crippen LogP contribution in [0.3, 0.4) is 0 Å². The zero-order valence-electron chi connectivity index (χ0n) is 23.8. The lowest BCUT2D eigenvalue weighted by molar-refractivity contribution is 0.488. The Labute approximate surface area is 257 Å². The van der Waals surface area contributed by atoms with E-state index in [0.29, 0.717) is 5.82 Å². The summed E-state index contributed by atoms with van der Waals surface area (Å²) in [4.78, 5) is 14.7. The standard InChI is InChI=1S/C39H27N3OSi/c1-4-14-28(15-5-1)33-26-34(29-16-13-25-40-27-29)42-39(41-33)32-21-12-24-37-38(32)43-35-22-10-11-23-36(35)44(37,30-17-6-2-7-18-30)31-19-8-3-9-20-31/h1-27H. The van der Waals surface area contributed by atoms with E-state index < -0.39 is 8.07 Å². The van der Waals surface area contributed by atoms with Crippen LogP contribution in [0.1, 0.15) is 0 Å². The van der Waals surface area contributed by atoms with Crippen molar-refractivity contribution in [3.05, 3.63) is 164 Å². The van der Waals surface area contributed by atoms with Crippen LogP contribution in [0.2, 0.25) is 0 Å². The van der Waals surface area contributed by atoms with Gasteiger partial charge in [0.05, 0.1) is 17.0 Å². The van der Waals surface area contributed by atoms with Crippen molar-refractivity contribution in [2.45, 2.75) is 0 Å². The molecule has 44 heavy (non-hydrogen) atoms. The summed E-state index contributed by atoms with van der Waals surface area (Å²) in [7, 11) is -2.79. The molecular weight excluding hydrogens is 555 g/mol. The first-order valence-electron chi connectivity index (χ1n) is 14.7. The maximum atomic E-state index is 6.89. The third kappa shape index (κ3) is 4.25. The highest BCUT2D eigenvalue weighted by molar-refractivity contribution is 7.20. The number of fused-ring (bicyclic) bond motifs is 2. The topological polar surface area (TPSA) is 47.9 Å². The van der Waals surface area contributed by atoms with E-state index in [0.717, 1.165) is 39.6 Å². The van der Waals surface area contributed by atoms with Crippen LogP contribution < -0.4 is 25.5 Å². The average molecular weight is 582 g/mol. The number of ether oxygens (including phenoxy) is 1. The number of benzene rings is 5. The summed E-state index contributed by atoms with van der Waals surface area (Å²) in [5, 5.41) is 5.02. The molecule has 1 aliphatic rings. The van der Waals surface area contributed by atoms with Crippen LogP contribution in [0.4, 0.5) is 0 Å². The first-order chi connectivity index (χ1) is 21.8. The Morgan fingerprint density at radius 3 is 1.77 bits per heavy atom. The molecule has 0 N–H and O–H groups in total. The fourth-order valence-corrected chi connectivity index (χ4v) is 11.4. The molecule has 0 atom stereocenters. The predicted molar refractivity (Wildman–Crippen MR) is 180 cm³/mol. The zero-order valence-corrected chi connectivity index (χ0v) is 24.8. The van der Waals surface area contributed by atoms with Gasteiger partial charge in [-0.2, -0.15) is 0 Å². The van der Waals surface area contributed by atoms with Gasteiger partial charge in [0.25, 0.3) is 0 Å². The Morgan fingerprint density at radius 2 is 1.09 bits per heavy atom. The molecule has 5 aromatic carbocycles. The van der Waals surface area contributed by atoms with E-state index >= 15 is 0 Å². The first kappa shape index (κ1) is 26.0. The number of para-hydroxylation sites is 2. The Bertz CT molecular complexity index is 1990. The summed E-state index contributed by atoms with van der Waals surface area (Å²) in [5.41, 5.74) is 4.48. The molecule has 0 bridgehead atoms. The summed E-state index contributed by atoms with van der Waals surface area (Å²) >= 11 is 0. The second-order valence-corrected chi connectivity index (χ2v) is 14.6. The molecular formula is C39H27N3OSi. The van der Waals surface area contributed by atoms with Crippen LogP contribution in [0.15, 0.2) is 164 Å². The Balaban J connectivity index is 1.44. The first-order valence-corrected chi connectivity index (χ1v) is 16.7. The molecule has 1 aliphatic heterocycles. The molecule has 4 nitrogen and oxygen atoms in total. The van der Waals surface area contributed by atoms with Gasteiger partial charge in [0.1, 0.15) is 11.5 Å². The van der Waals surface area contributed by atoms with Gasteiger partial charge in [0.2, 0.25) is 0 Å². The molecule has 0 saturated heterocycles. The smallest absolute Gasteiger partial charge is 0.188 e. The van der Waals surface area contributed by atoms with Crippen molar-refractivity contribution in [1.82, 2.24) is 15.0 Å². The van der Waals surface area contributed by atoms with Gasteiger partial charge in [-0.3, -0.25) is 4.98 Å². The molecule has 0 aliphatic carbocycles. The van der Waals surface area contributed by atoms with Gasteiger partial charge in [0, 0.05) is 23.5 Å². The molecule has 0 spiro atoms. The van der Waals surface area contributed by atoms with Crippen molar-refractivity contribution in [2.24, 2.45) is 0 Å². The number of nitrogens with zero attached hydrogens (tertiary/aromatic N) is 3. The molecule has 0 saturated carbocycles. The third-order valence-corrected chi connectivity index (χ3v) is 13.2. The summed E-state index contributed by atoms with van der Waals surface area (Å²) in [6.07, 6.45) is 3.62. The largest absolute Gasteiger partial charge is 0.457 e. The highest BCUT2D eigenvalue weighted by atomic mass is 28.3. The van der Waals surface area contributed by atoms with E-state index in [1.54, 1.807) is 6.20 Å². The normalized spacial score (nSPS) is 12.9. The number of hydrogen-bond acceptors (Lipinski definition) is 4. The molecule has 0 unspecified atom stereocenters. The van der Waals surface area contributed by atoms with Gasteiger partial charge in [-0.1, -0.05) is 121 Å². The fourth-order valence-electron chi connectivity index (χ4n) is 6.39. The van der Waals surface area contributed by atoms with Crippen LogP contribution in [-0.4, -0.2) is 23.0 Å². The fraction of sp³-hybridized carbons (Fsp3) is 0. The molecule has 0 radical (unpaired) electrons. The van der Waals surface area contributed by atoms with Gasteiger partial charge in [0.15, 0.2) is 13.9 Å². The monoisotopic (exact) mass is 581 g/mol. The second kappa shape index (κ2) is 10.9. The van der Waals surface area contributed by atoms with Crippen LogP contribution in [0.5, 0.6) is 11.5 Å². The van der Waals surface area contributed by atoms with Crippen molar-refractivity contribution >= 4 is 28.8 Å². The lowest BCUT2D eigenvalue weighted by Gasteiger charge is -2.40. The quantitative estimate of drug-likeness (QED) is 0.222. The van der Waals surface area contributed by atoms with E-state index in [1.807, 2.05) is 42.6 Å². The second-order valence-electron chi connectivity index (χ2n) is 10.8. The highest BCUT2D eigenvalue weighted by Crippen LogP contribution is 2.37. The summed E-state index contributed by atoms with van der Waals surface area (Å²) in [6.45, 7) is 0. The minimum absolute atomic E-state index is 0.616. The highest BCUT2D eigenvalue weighted by Gasteiger charge is 2.48. The number of rotatable bonds is 5. The van der Waals surface area contributed by atoms with Crippen molar-refractivity contribution < 1.29 is 4.74 Å². The Hall–Kier alpha value is -5.65. The number of hydrogen-bond donors (Lipinski definition) is 0. The van der Waals surface area contributed by atoms with Gasteiger partial charge >= 0.3 is 0 Å². The minimum Gasteiger partial charge on any atom is -0.457 e. The maximum Gasteiger partial charge on any atom is 0.188 e. The van der Waals surface area contributed by atoms with Crippen molar-refractivity contribution in [3.8, 4) is 45.4 Å². The average Bonchev–Trinajstić information content (AvgIpc) is 3.11. The molecule has 2 aromatic heterocycles. The molecule has 5 heteroatoms. The van der Waals surface area contributed by atoms with E-state index in [4.69, 9.17) is 14.7 Å². The minimum atomic E-state index is -2.79. The summed E-state index contributed by atoms with van der Waals surface area (Å²) < 4.78 is 6.89. The molecule has 0 fully saturated rings. The van der Waals surface area contributed by atoms with Crippen molar-refractivity contribution in [1.29, 1.82) is 0 Å². The number of aromatic nitrogens is 3. The SMILES string of the molecule is c1ccc(-c2cc(-c3cccnc3)nc(-c3cccc4c3Oc3ccccc3[Si]4(c3ccccc3)c3ccccc3)n2)cc1. The van der Waals surface area contributed by atoms with Gasteiger partial charge in [-0.25, -0.2) is 9.97 Å². The Morgan fingerprint density at radius 1 is 0.500 bits per heavy atom. The van der Waals surface area contributed by atoms with E-state index in [9.17, 15) is 0 Å². The van der Waals surface area contributed by atoms with E-state index in [1.165, 1.54) is 20.7 Å². The zero-order chi connectivity index (χ0) is 29.3. The van der Waals surface area contributed by atoms with Gasteiger partial charge in [-0.15, -0.1) is 0 Å². The molecule has 7 aromatic rings. The van der Waals surface area contributed by atoms with E-state index in [-0.39, 0.29) is 0 Å². The van der Waals surface area contributed by atoms with Crippen molar-refractivity contribution in [3.63, 3.8) is 0 Å². The molecule has 0 amide bonds. The van der Waals surface area contributed by atoms with Crippen LogP contribution >= 0.6 is 0 Å².